The van der Waals surface area contributed by atoms with E-state index in [2.05, 4.69) is 34.3 Å². The van der Waals surface area contributed by atoms with Crippen molar-refractivity contribution in [3.8, 4) is 0 Å². The molecule has 1 aromatic heterocycles. The summed E-state index contributed by atoms with van der Waals surface area (Å²) < 4.78 is 1.73. The van der Waals surface area contributed by atoms with E-state index < -0.39 is 0 Å². The van der Waals surface area contributed by atoms with Gasteiger partial charge in [-0.15, -0.1) is 0 Å². The van der Waals surface area contributed by atoms with Gasteiger partial charge in [0.1, 0.15) is 0 Å². The summed E-state index contributed by atoms with van der Waals surface area (Å²) in [6, 6.07) is 10.5. The maximum atomic E-state index is 12.2. The average molecular weight is 310 g/mol. The molecule has 1 fully saturated rings. The normalized spacial score (nSPS) is 16.1. The van der Waals surface area contributed by atoms with Crippen LogP contribution in [-0.4, -0.2) is 51.7 Å². The lowest BCUT2D eigenvalue weighted by Crippen LogP contribution is -2.47. The minimum absolute atomic E-state index is 0.0771. The molecule has 3 rings (SSSR count). The molecule has 1 saturated heterocycles. The van der Waals surface area contributed by atoms with E-state index >= 15 is 0 Å². The number of aromatic nitrogens is 2. The van der Waals surface area contributed by atoms with Gasteiger partial charge in [-0.1, -0.05) is 30.3 Å². The third kappa shape index (κ3) is 4.29. The first kappa shape index (κ1) is 15.5. The fraction of sp³-hybridized carbons (Fsp3) is 0.333. The number of benzene rings is 1. The Balaban J connectivity index is 1.48. The number of hydrogen-bond acceptors (Lipinski definition) is 3. The molecule has 1 aliphatic heterocycles. The van der Waals surface area contributed by atoms with Crippen molar-refractivity contribution in [3.05, 3.63) is 59.9 Å². The third-order valence-electron chi connectivity index (χ3n) is 4.08. The minimum atomic E-state index is 0.0771. The molecule has 5 heteroatoms. The van der Waals surface area contributed by atoms with Gasteiger partial charge < -0.3 is 4.90 Å². The predicted octanol–water partition coefficient (Wildman–Crippen LogP) is 1.78. The molecular weight excluding hydrogens is 288 g/mol. The van der Waals surface area contributed by atoms with Crippen LogP contribution in [0.25, 0.3) is 6.08 Å². The Morgan fingerprint density at radius 3 is 2.57 bits per heavy atom. The molecule has 5 nitrogen and oxygen atoms in total. The van der Waals surface area contributed by atoms with Crippen LogP contribution in [0.2, 0.25) is 0 Å². The predicted molar refractivity (Wildman–Crippen MR) is 90.5 cm³/mol. The van der Waals surface area contributed by atoms with Gasteiger partial charge in [0.05, 0.1) is 6.20 Å². The van der Waals surface area contributed by atoms with Crippen molar-refractivity contribution < 1.29 is 4.79 Å². The number of hydrogen-bond donors (Lipinski definition) is 0. The van der Waals surface area contributed by atoms with Crippen molar-refractivity contribution >= 4 is 12.0 Å². The van der Waals surface area contributed by atoms with E-state index in [4.69, 9.17) is 0 Å². The molecule has 0 aliphatic carbocycles. The first-order valence-electron chi connectivity index (χ1n) is 7.92. The monoisotopic (exact) mass is 310 g/mol. The Morgan fingerprint density at radius 2 is 1.91 bits per heavy atom. The van der Waals surface area contributed by atoms with Gasteiger partial charge >= 0.3 is 0 Å². The van der Waals surface area contributed by atoms with Crippen molar-refractivity contribution in [1.82, 2.24) is 19.6 Å². The standard InChI is InChI=1S/C18H22N4O/c1-20-14-17(13-19-20)7-8-18(23)22-11-9-21(10-12-22)15-16-5-3-2-4-6-16/h2-8,13-14H,9-12,15H2,1H3/b8-7+. The summed E-state index contributed by atoms with van der Waals surface area (Å²) in [4.78, 5) is 16.5. The van der Waals surface area contributed by atoms with Crippen LogP contribution in [0.5, 0.6) is 0 Å². The third-order valence-corrected chi connectivity index (χ3v) is 4.08. The fourth-order valence-electron chi connectivity index (χ4n) is 2.77. The van der Waals surface area contributed by atoms with E-state index in [1.165, 1.54) is 5.56 Å². The van der Waals surface area contributed by atoms with E-state index in [0.29, 0.717) is 0 Å². The minimum Gasteiger partial charge on any atom is -0.337 e. The molecule has 120 valence electrons. The van der Waals surface area contributed by atoms with Crippen LogP contribution < -0.4 is 0 Å². The van der Waals surface area contributed by atoms with Gasteiger partial charge in [-0.3, -0.25) is 14.4 Å². The van der Waals surface area contributed by atoms with Crippen LogP contribution in [0.3, 0.4) is 0 Å². The van der Waals surface area contributed by atoms with Crippen LogP contribution in [-0.2, 0) is 18.4 Å². The molecule has 0 unspecified atom stereocenters. The molecule has 2 heterocycles. The largest absolute Gasteiger partial charge is 0.337 e. The SMILES string of the molecule is Cn1cc(/C=C/C(=O)N2CCN(Cc3ccccc3)CC2)cn1. The van der Waals surface area contributed by atoms with Crippen LogP contribution in [0, 0.1) is 0 Å². The molecule has 2 aromatic rings. The van der Waals surface area contributed by atoms with Crippen LogP contribution >= 0.6 is 0 Å². The number of carbonyl (C=O) groups is 1. The van der Waals surface area contributed by atoms with Gasteiger partial charge in [0.2, 0.25) is 5.91 Å². The summed E-state index contributed by atoms with van der Waals surface area (Å²) in [6.45, 7) is 4.35. The van der Waals surface area contributed by atoms with Crippen LogP contribution in [0.15, 0.2) is 48.8 Å². The molecule has 0 radical (unpaired) electrons. The van der Waals surface area contributed by atoms with Gasteiger partial charge in [0, 0.05) is 57.6 Å². The number of rotatable bonds is 4. The molecule has 1 aromatic carbocycles. The second-order valence-corrected chi connectivity index (χ2v) is 5.87. The lowest BCUT2D eigenvalue weighted by Gasteiger charge is -2.34. The summed E-state index contributed by atoms with van der Waals surface area (Å²) >= 11 is 0. The highest BCUT2D eigenvalue weighted by atomic mass is 16.2. The lowest BCUT2D eigenvalue weighted by atomic mass is 10.2. The fourth-order valence-corrected chi connectivity index (χ4v) is 2.77. The van der Waals surface area contributed by atoms with Gasteiger partial charge in [-0.25, -0.2) is 0 Å². The summed E-state index contributed by atoms with van der Waals surface area (Å²) in [5, 5.41) is 4.09. The zero-order chi connectivity index (χ0) is 16.1. The first-order valence-corrected chi connectivity index (χ1v) is 7.92. The molecule has 1 amide bonds. The highest BCUT2D eigenvalue weighted by molar-refractivity contribution is 5.91. The molecule has 0 spiro atoms. The zero-order valence-corrected chi connectivity index (χ0v) is 13.4. The Kier molecular flexibility index (Phi) is 4.88. The molecular formula is C18H22N4O. The van der Waals surface area contributed by atoms with Crippen molar-refractivity contribution in [2.45, 2.75) is 6.54 Å². The number of aryl methyl sites for hydroxylation is 1. The second-order valence-electron chi connectivity index (χ2n) is 5.87. The van der Waals surface area contributed by atoms with Crippen LogP contribution in [0.4, 0.5) is 0 Å². The Morgan fingerprint density at radius 1 is 1.17 bits per heavy atom. The number of piperazine rings is 1. The van der Waals surface area contributed by atoms with Crippen LogP contribution in [0.1, 0.15) is 11.1 Å². The van der Waals surface area contributed by atoms with Crippen molar-refractivity contribution in [2.24, 2.45) is 7.05 Å². The maximum Gasteiger partial charge on any atom is 0.246 e. The van der Waals surface area contributed by atoms with Gasteiger partial charge in [0.25, 0.3) is 0 Å². The van der Waals surface area contributed by atoms with Crippen molar-refractivity contribution in [1.29, 1.82) is 0 Å². The van der Waals surface area contributed by atoms with E-state index in [1.807, 2.05) is 30.3 Å². The molecule has 0 saturated carbocycles. The van der Waals surface area contributed by atoms with Crippen molar-refractivity contribution in [3.63, 3.8) is 0 Å². The lowest BCUT2D eigenvalue weighted by molar-refractivity contribution is -0.127. The van der Waals surface area contributed by atoms with E-state index in [9.17, 15) is 4.79 Å². The quantitative estimate of drug-likeness (QED) is 0.808. The molecule has 0 N–H and O–H groups in total. The number of carbonyl (C=O) groups excluding carboxylic acids is 1. The second kappa shape index (κ2) is 7.24. The number of amides is 1. The zero-order valence-electron chi connectivity index (χ0n) is 13.4. The summed E-state index contributed by atoms with van der Waals surface area (Å²) in [7, 11) is 1.87. The number of nitrogens with zero attached hydrogens (tertiary/aromatic N) is 4. The van der Waals surface area contributed by atoms with Gasteiger partial charge in [-0.2, -0.15) is 5.10 Å². The first-order chi connectivity index (χ1) is 11.2. The molecule has 0 bridgehead atoms. The summed E-state index contributed by atoms with van der Waals surface area (Å²) in [5.41, 5.74) is 2.27. The maximum absolute atomic E-state index is 12.2. The van der Waals surface area contributed by atoms with E-state index in [1.54, 1.807) is 17.0 Å². The average Bonchev–Trinajstić information content (AvgIpc) is 3.00. The summed E-state index contributed by atoms with van der Waals surface area (Å²) in [5.74, 6) is 0.0771. The summed E-state index contributed by atoms with van der Waals surface area (Å²) in [6.07, 6.45) is 7.11. The highest BCUT2D eigenvalue weighted by Gasteiger charge is 2.19. The Labute approximate surface area is 136 Å². The molecule has 23 heavy (non-hydrogen) atoms. The molecule has 1 aliphatic rings. The van der Waals surface area contributed by atoms with E-state index in [0.717, 1.165) is 38.3 Å². The topological polar surface area (TPSA) is 41.4 Å². The van der Waals surface area contributed by atoms with Crippen molar-refractivity contribution in [2.75, 3.05) is 26.2 Å². The van der Waals surface area contributed by atoms with Gasteiger partial charge in [-0.05, 0) is 11.6 Å². The smallest absolute Gasteiger partial charge is 0.246 e. The molecule has 0 atom stereocenters. The highest BCUT2D eigenvalue weighted by Crippen LogP contribution is 2.09. The van der Waals surface area contributed by atoms with Gasteiger partial charge in [0.15, 0.2) is 0 Å². The van der Waals surface area contributed by atoms with E-state index in [-0.39, 0.29) is 5.91 Å². The Bertz CT molecular complexity index is 669. The Hall–Kier alpha value is -2.40.